The Hall–Kier alpha value is -1.72. The van der Waals surface area contributed by atoms with Crippen molar-refractivity contribution in [2.75, 3.05) is 13.1 Å². The van der Waals surface area contributed by atoms with E-state index in [0.717, 1.165) is 30.9 Å². The van der Waals surface area contributed by atoms with Gasteiger partial charge in [-0.05, 0) is 49.2 Å². The number of aromatic nitrogens is 2. The molecule has 5 heteroatoms. The third kappa shape index (κ3) is 3.31. The average molecular weight is 289 g/mol. The van der Waals surface area contributed by atoms with Crippen LogP contribution in [0.4, 0.5) is 4.39 Å². The van der Waals surface area contributed by atoms with Crippen molar-refractivity contribution in [2.45, 2.75) is 26.0 Å². The third-order valence-electron chi connectivity index (χ3n) is 4.12. The Balaban J connectivity index is 1.66. The van der Waals surface area contributed by atoms with E-state index in [1.807, 2.05) is 12.3 Å². The smallest absolute Gasteiger partial charge is 0.123 e. The molecule has 4 nitrogen and oxygen atoms in total. The molecule has 1 aromatic heterocycles. The molecule has 1 N–H and O–H groups in total. The molecule has 0 bridgehead atoms. The second-order valence-corrected chi connectivity index (χ2v) is 5.80. The van der Waals surface area contributed by atoms with Crippen molar-refractivity contribution in [3.63, 3.8) is 0 Å². The number of benzene rings is 1. The van der Waals surface area contributed by atoms with E-state index in [9.17, 15) is 9.50 Å². The lowest BCUT2D eigenvalue weighted by molar-refractivity contribution is 0.0254. The highest BCUT2D eigenvalue weighted by Gasteiger charge is 2.24. The summed E-state index contributed by atoms with van der Waals surface area (Å²) in [7, 11) is 0. The van der Waals surface area contributed by atoms with Crippen LogP contribution in [0.5, 0.6) is 0 Å². The van der Waals surface area contributed by atoms with Gasteiger partial charge in [-0.2, -0.15) is 5.10 Å². The molecular weight excluding hydrogens is 269 g/mol. The molecule has 112 valence electrons. The summed E-state index contributed by atoms with van der Waals surface area (Å²) in [6.07, 6.45) is 2.64. The Morgan fingerprint density at radius 3 is 2.76 bits per heavy atom. The summed E-state index contributed by atoms with van der Waals surface area (Å²) in [6.45, 7) is 4.51. The quantitative estimate of drug-likeness (QED) is 0.942. The SMILES string of the molecule is CC1CCN(Cc2ccn(-c3ccc(F)cc3)n2)CC1O. The monoisotopic (exact) mass is 289 g/mol. The second kappa shape index (κ2) is 5.95. The molecule has 1 aliphatic heterocycles. The van der Waals surface area contributed by atoms with Gasteiger partial charge in [0, 0.05) is 19.3 Å². The zero-order chi connectivity index (χ0) is 14.8. The first-order chi connectivity index (χ1) is 10.1. The standard InChI is InChI=1S/C16H20FN3O/c1-12-6-8-19(11-16(12)21)10-14-7-9-20(18-14)15-4-2-13(17)3-5-15/h2-5,7,9,12,16,21H,6,8,10-11H2,1H3. The van der Waals surface area contributed by atoms with Gasteiger partial charge in [0.15, 0.2) is 0 Å². The van der Waals surface area contributed by atoms with E-state index in [1.54, 1.807) is 16.8 Å². The number of likely N-dealkylation sites (tertiary alicyclic amines) is 1. The van der Waals surface area contributed by atoms with Crippen LogP contribution in [0.25, 0.3) is 5.69 Å². The van der Waals surface area contributed by atoms with Gasteiger partial charge in [0.2, 0.25) is 0 Å². The number of rotatable bonds is 3. The summed E-state index contributed by atoms with van der Waals surface area (Å²) < 4.78 is 14.7. The minimum atomic E-state index is -0.252. The molecule has 3 rings (SSSR count). The fourth-order valence-corrected chi connectivity index (χ4v) is 2.67. The van der Waals surface area contributed by atoms with Crippen molar-refractivity contribution >= 4 is 0 Å². The maximum atomic E-state index is 12.9. The van der Waals surface area contributed by atoms with Gasteiger partial charge in [0.1, 0.15) is 5.82 Å². The van der Waals surface area contributed by atoms with Crippen LogP contribution < -0.4 is 0 Å². The molecule has 0 amide bonds. The molecular formula is C16H20FN3O. The van der Waals surface area contributed by atoms with E-state index in [1.165, 1.54) is 12.1 Å². The third-order valence-corrected chi connectivity index (χ3v) is 4.12. The predicted molar refractivity (Wildman–Crippen MR) is 78.6 cm³/mol. The lowest BCUT2D eigenvalue weighted by Crippen LogP contribution is -2.42. The summed E-state index contributed by atoms with van der Waals surface area (Å²) >= 11 is 0. The van der Waals surface area contributed by atoms with Crippen LogP contribution in [0, 0.1) is 11.7 Å². The van der Waals surface area contributed by atoms with Gasteiger partial charge in [-0.25, -0.2) is 9.07 Å². The van der Waals surface area contributed by atoms with Gasteiger partial charge < -0.3 is 5.11 Å². The number of hydrogen-bond acceptors (Lipinski definition) is 3. The predicted octanol–water partition coefficient (Wildman–Crippen LogP) is 2.21. The zero-order valence-corrected chi connectivity index (χ0v) is 12.1. The van der Waals surface area contributed by atoms with Crippen LogP contribution in [0.15, 0.2) is 36.5 Å². The molecule has 2 atom stereocenters. The number of nitrogens with zero attached hydrogens (tertiary/aromatic N) is 3. The van der Waals surface area contributed by atoms with E-state index < -0.39 is 0 Å². The minimum absolute atomic E-state index is 0.248. The molecule has 1 aliphatic rings. The van der Waals surface area contributed by atoms with Crippen molar-refractivity contribution in [3.05, 3.63) is 48.0 Å². The highest BCUT2D eigenvalue weighted by molar-refractivity contribution is 5.31. The molecule has 2 unspecified atom stereocenters. The van der Waals surface area contributed by atoms with Gasteiger partial charge in [0.05, 0.1) is 17.5 Å². The molecule has 2 aromatic rings. The molecule has 2 heterocycles. The second-order valence-electron chi connectivity index (χ2n) is 5.80. The van der Waals surface area contributed by atoms with Gasteiger partial charge >= 0.3 is 0 Å². The molecule has 21 heavy (non-hydrogen) atoms. The van der Waals surface area contributed by atoms with E-state index in [0.29, 0.717) is 12.5 Å². The van der Waals surface area contributed by atoms with Crippen molar-refractivity contribution in [1.29, 1.82) is 0 Å². The first-order valence-electron chi connectivity index (χ1n) is 7.33. The molecule has 1 saturated heterocycles. The Labute approximate surface area is 123 Å². The zero-order valence-electron chi connectivity index (χ0n) is 12.1. The number of halogens is 1. The van der Waals surface area contributed by atoms with Crippen LogP contribution in [0.1, 0.15) is 19.0 Å². The van der Waals surface area contributed by atoms with E-state index in [4.69, 9.17) is 0 Å². The number of hydrogen-bond donors (Lipinski definition) is 1. The van der Waals surface area contributed by atoms with Crippen molar-refractivity contribution in [1.82, 2.24) is 14.7 Å². The summed E-state index contributed by atoms with van der Waals surface area (Å²) in [5.41, 5.74) is 1.80. The summed E-state index contributed by atoms with van der Waals surface area (Å²) in [5.74, 6) is 0.126. The summed E-state index contributed by atoms with van der Waals surface area (Å²) in [5, 5.41) is 14.5. The Morgan fingerprint density at radius 2 is 2.05 bits per heavy atom. The molecule has 1 fully saturated rings. The summed E-state index contributed by atoms with van der Waals surface area (Å²) in [6, 6.07) is 8.24. The first kappa shape index (κ1) is 14.2. The fraction of sp³-hybridized carbons (Fsp3) is 0.438. The number of aliphatic hydroxyl groups is 1. The Bertz CT molecular complexity index is 596. The van der Waals surface area contributed by atoms with Crippen molar-refractivity contribution in [3.8, 4) is 5.69 Å². The lowest BCUT2D eigenvalue weighted by Gasteiger charge is -2.33. The normalized spacial score (nSPS) is 23.4. The number of piperidine rings is 1. The molecule has 0 saturated carbocycles. The molecule has 0 radical (unpaired) electrons. The lowest BCUT2D eigenvalue weighted by atomic mass is 9.96. The van der Waals surface area contributed by atoms with Gasteiger partial charge in [-0.15, -0.1) is 0 Å². The van der Waals surface area contributed by atoms with Crippen molar-refractivity contribution < 1.29 is 9.50 Å². The highest BCUT2D eigenvalue weighted by atomic mass is 19.1. The first-order valence-corrected chi connectivity index (χ1v) is 7.33. The van der Waals surface area contributed by atoms with E-state index in [2.05, 4.69) is 16.9 Å². The minimum Gasteiger partial charge on any atom is -0.392 e. The molecule has 1 aromatic carbocycles. The number of aliphatic hydroxyl groups excluding tert-OH is 1. The average Bonchev–Trinajstić information content (AvgIpc) is 2.92. The molecule has 0 aliphatic carbocycles. The summed E-state index contributed by atoms with van der Waals surface area (Å²) in [4.78, 5) is 2.22. The van der Waals surface area contributed by atoms with E-state index >= 15 is 0 Å². The van der Waals surface area contributed by atoms with Gasteiger partial charge in [-0.1, -0.05) is 6.92 Å². The Kier molecular flexibility index (Phi) is 4.03. The highest BCUT2D eigenvalue weighted by Crippen LogP contribution is 2.18. The largest absolute Gasteiger partial charge is 0.392 e. The van der Waals surface area contributed by atoms with Crippen molar-refractivity contribution in [2.24, 2.45) is 5.92 Å². The maximum Gasteiger partial charge on any atom is 0.123 e. The van der Waals surface area contributed by atoms with Crippen LogP contribution in [-0.4, -0.2) is 39.0 Å². The van der Waals surface area contributed by atoms with Crippen LogP contribution >= 0.6 is 0 Å². The van der Waals surface area contributed by atoms with Gasteiger partial charge in [-0.3, -0.25) is 4.90 Å². The maximum absolute atomic E-state index is 12.9. The number of β-amino-alcohol motifs (C(OH)–C–C–N with tert-alkyl or cyclic N) is 1. The Morgan fingerprint density at radius 1 is 1.29 bits per heavy atom. The van der Waals surface area contributed by atoms with E-state index in [-0.39, 0.29) is 11.9 Å². The topological polar surface area (TPSA) is 41.3 Å². The van der Waals surface area contributed by atoms with Crippen LogP contribution in [0.3, 0.4) is 0 Å². The van der Waals surface area contributed by atoms with Gasteiger partial charge in [0.25, 0.3) is 0 Å². The fourth-order valence-electron chi connectivity index (χ4n) is 2.67. The van der Waals surface area contributed by atoms with Crippen LogP contribution in [0.2, 0.25) is 0 Å². The van der Waals surface area contributed by atoms with Crippen LogP contribution in [-0.2, 0) is 6.54 Å². The molecule has 0 spiro atoms.